The zero-order valence-electron chi connectivity index (χ0n) is 14.9. The van der Waals surface area contributed by atoms with Gasteiger partial charge in [-0.2, -0.15) is 0 Å². The number of hydrogen-bond donors (Lipinski definition) is 1. The van der Waals surface area contributed by atoms with Crippen LogP contribution < -0.4 is 19.7 Å². The second-order valence-corrected chi connectivity index (χ2v) is 6.09. The number of benzene rings is 2. The summed E-state index contributed by atoms with van der Waals surface area (Å²) in [6.45, 7) is -0.394. The third-order valence-electron chi connectivity index (χ3n) is 4.14. The van der Waals surface area contributed by atoms with Crippen LogP contribution in [0.2, 0.25) is 0 Å². The summed E-state index contributed by atoms with van der Waals surface area (Å²) in [5, 5.41) is 2.59. The molecule has 2 heterocycles. The molecule has 146 valence electrons. The van der Waals surface area contributed by atoms with Crippen LogP contribution in [0, 0.1) is 0 Å². The molecular formula is C20H14N2O7. The molecule has 1 N–H and O–H groups in total. The molecular weight excluding hydrogens is 380 g/mol. The lowest BCUT2D eigenvalue weighted by atomic mass is 10.2. The minimum atomic E-state index is -0.764. The van der Waals surface area contributed by atoms with Crippen LogP contribution in [-0.2, 0) is 19.1 Å². The molecule has 0 saturated heterocycles. The first-order valence-corrected chi connectivity index (χ1v) is 8.54. The van der Waals surface area contributed by atoms with Gasteiger partial charge in [0.15, 0.2) is 18.1 Å². The highest BCUT2D eigenvalue weighted by Crippen LogP contribution is 2.34. The van der Waals surface area contributed by atoms with Crippen molar-refractivity contribution in [2.24, 2.45) is 0 Å². The van der Waals surface area contributed by atoms with E-state index in [4.69, 9.17) is 14.2 Å². The number of ether oxygens (including phenoxy) is 3. The average Bonchev–Trinajstić information content (AvgIpc) is 3.31. The first kappa shape index (κ1) is 18.2. The molecule has 9 heteroatoms. The Hall–Kier alpha value is -4.14. The third kappa shape index (κ3) is 3.79. The topological polar surface area (TPSA) is 111 Å². The Balaban J connectivity index is 1.36. The first-order valence-electron chi connectivity index (χ1n) is 8.54. The van der Waals surface area contributed by atoms with Crippen LogP contribution in [0.1, 0.15) is 10.4 Å². The van der Waals surface area contributed by atoms with Crippen molar-refractivity contribution < 1.29 is 33.4 Å². The molecule has 3 amide bonds. The number of nitrogens with zero attached hydrogens (tertiary/aromatic N) is 1. The zero-order valence-corrected chi connectivity index (χ0v) is 14.9. The van der Waals surface area contributed by atoms with E-state index in [0.717, 1.165) is 17.1 Å². The maximum Gasteiger partial charge on any atom is 0.338 e. The number of hydrogen-bond acceptors (Lipinski definition) is 7. The van der Waals surface area contributed by atoms with Gasteiger partial charge in [0.1, 0.15) is 0 Å². The quantitative estimate of drug-likeness (QED) is 0.606. The number of fused-ring (bicyclic) bond motifs is 1. The lowest BCUT2D eigenvalue weighted by Crippen LogP contribution is -2.29. The Bertz CT molecular complexity index is 1040. The van der Waals surface area contributed by atoms with Gasteiger partial charge < -0.3 is 19.5 Å². The summed E-state index contributed by atoms with van der Waals surface area (Å²) < 4.78 is 15.4. The molecule has 2 aliphatic heterocycles. The highest BCUT2D eigenvalue weighted by Gasteiger charge is 2.25. The molecule has 0 fully saturated rings. The summed E-state index contributed by atoms with van der Waals surface area (Å²) in [6.07, 6.45) is 2.29. The van der Waals surface area contributed by atoms with Crippen LogP contribution in [-0.4, -0.2) is 37.1 Å². The van der Waals surface area contributed by atoms with Crippen LogP contribution in [0.5, 0.6) is 11.5 Å². The molecule has 9 nitrogen and oxygen atoms in total. The minimum Gasteiger partial charge on any atom is -0.454 e. The van der Waals surface area contributed by atoms with E-state index in [9.17, 15) is 19.2 Å². The Morgan fingerprint density at radius 2 is 1.76 bits per heavy atom. The van der Waals surface area contributed by atoms with Crippen molar-refractivity contribution in [3.8, 4) is 11.5 Å². The van der Waals surface area contributed by atoms with Gasteiger partial charge in [0, 0.05) is 23.9 Å². The van der Waals surface area contributed by atoms with Crippen molar-refractivity contribution in [1.82, 2.24) is 0 Å². The molecule has 29 heavy (non-hydrogen) atoms. The largest absolute Gasteiger partial charge is 0.454 e. The van der Waals surface area contributed by atoms with Crippen LogP contribution in [0.25, 0.3) is 0 Å². The van der Waals surface area contributed by atoms with Gasteiger partial charge >= 0.3 is 5.97 Å². The number of amides is 3. The monoisotopic (exact) mass is 394 g/mol. The van der Waals surface area contributed by atoms with E-state index in [1.165, 1.54) is 24.3 Å². The number of rotatable bonds is 5. The van der Waals surface area contributed by atoms with Gasteiger partial charge in [0.25, 0.3) is 17.7 Å². The number of carbonyl (C=O) groups excluding carboxylic acids is 4. The molecule has 4 rings (SSSR count). The Morgan fingerprint density at radius 3 is 2.55 bits per heavy atom. The molecule has 2 aliphatic rings. The molecule has 0 saturated carbocycles. The summed E-state index contributed by atoms with van der Waals surface area (Å²) >= 11 is 0. The Labute approximate surface area is 164 Å². The summed E-state index contributed by atoms with van der Waals surface area (Å²) in [6, 6.07) is 10.7. The average molecular weight is 394 g/mol. The fraction of sp³-hybridized carbons (Fsp3) is 0.100. The maximum absolute atomic E-state index is 12.2. The first-order chi connectivity index (χ1) is 14.0. The van der Waals surface area contributed by atoms with Crippen LogP contribution in [0.3, 0.4) is 0 Å². The van der Waals surface area contributed by atoms with Gasteiger partial charge in [-0.05, 0) is 30.3 Å². The Morgan fingerprint density at radius 1 is 1.00 bits per heavy atom. The third-order valence-corrected chi connectivity index (χ3v) is 4.14. The normalized spacial score (nSPS) is 14.3. The van der Waals surface area contributed by atoms with Crippen molar-refractivity contribution in [2.45, 2.75) is 0 Å². The van der Waals surface area contributed by atoms with E-state index in [1.54, 1.807) is 18.2 Å². The molecule has 0 bridgehead atoms. The second-order valence-electron chi connectivity index (χ2n) is 6.09. The summed E-state index contributed by atoms with van der Waals surface area (Å²) in [4.78, 5) is 48.7. The van der Waals surface area contributed by atoms with Gasteiger partial charge in [-0.15, -0.1) is 0 Å². The number of carbonyl (C=O) groups is 4. The lowest BCUT2D eigenvalue weighted by Gasteiger charge is -2.14. The number of anilines is 2. The van der Waals surface area contributed by atoms with Crippen LogP contribution in [0.15, 0.2) is 54.6 Å². The van der Waals surface area contributed by atoms with Crippen molar-refractivity contribution in [1.29, 1.82) is 0 Å². The molecule has 0 aliphatic carbocycles. The molecule has 2 aromatic carbocycles. The zero-order chi connectivity index (χ0) is 20.4. The predicted molar refractivity (Wildman–Crippen MR) is 99.6 cm³/mol. The molecule has 2 aromatic rings. The highest BCUT2D eigenvalue weighted by atomic mass is 16.7. The number of esters is 1. The van der Waals surface area contributed by atoms with Gasteiger partial charge in [0.2, 0.25) is 6.79 Å². The lowest BCUT2D eigenvalue weighted by molar-refractivity contribution is -0.120. The highest BCUT2D eigenvalue weighted by molar-refractivity contribution is 6.28. The fourth-order valence-corrected chi connectivity index (χ4v) is 2.81. The number of imide groups is 1. The van der Waals surface area contributed by atoms with E-state index in [0.29, 0.717) is 17.2 Å². The van der Waals surface area contributed by atoms with Gasteiger partial charge in [0.05, 0.1) is 11.3 Å². The smallest absolute Gasteiger partial charge is 0.338 e. The van der Waals surface area contributed by atoms with Crippen LogP contribution >= 0.6 is 0 Å². The molecule has 0 atom stereocenters. The van der Waals surface area contributed by atoms with E-state index >= 15 is 0 Å². The minimum absolute atomic E-state index is 0.103. The van der Waals surface area contributed by atoms with E-state index in [-0.39, 0.29) is 18.0 Å². The second kappa shape index (κ2) is 7.47. The van der Waals surface area contributed by atoms with E-state index in [2.05, 4.69) is 5.32 Å². The standard InChI is InChI=1S/C20H14N2O7/c23-17(21-13-4-5-15-16(9-13)29-11-28-15)10-27-20(26)12-2-1-3-14(8-12)22-18(24)6-7-19(22)25/h1-9H,10-11H2,(H,21,23). The number of nitrogens with one attached hydrogen (secondary N) is 1. The van der Waals surface area contributed by atoms with Crippen molar-refractivity contribution >= 4 is 35.1 Å². The van der Waals surface area contributed by atoms with E-state index < -0.39 is 30.3 Å². The molecule has 0 unspecified atom stereocenters. The Kier molecular flexibility index (Phi) is 4.70. The van der Waals surface area contributed by atoms with Crippen molar-refractivity contribution in [3.05, 3.63) is 60.2 Å². The molecule has 0 aromatic heterocycles. The van der Waals surface area contributed by atoms with Crippen LogP contribution in [0.4, 0.5) is 11.4 Å². The fourth-order valence-electron chi connectivity index (χ4n) is 2.81. The van der Waals surface area contributed by atoms with Gasteiger partial charge in [-0.1, -0.05) is 6.07 Å². The summed E-state index contributed by atoms with van der Waals surface area (Å²) in [7, 11) is 0. The van der Waals surface area contributed by atoms with Gasteiger partial charge in [-0.25, -0.2) is 9.69 Å². The summed E-state index contributed by atoms with van der Waals surface area (Å²) in [5.74, 6) is -1.20. The molecule has 0 radical (unpaired) electrons. The SMILES string of the molecule is O=C(COC(=O)c1cccc(N2C(=O)C=CC2=O)c1)Nc1ccc2c(c1)OCO2. The summed E-state index contributed by atoms with van der Waals surface area (Å²) in [5.41, 5.74) is 0.811. The van der Waals surface area contributed by atoms with Crippen molar-refractivity contribution in [2.75, 3.05) is 23.6 Å². The maximum atomic E-state index is 12.2. The molecule has 0 spiro atoms. The predicted octanol–water partition coefficient (Wildman–Crippen LogP) is 1.64. The van der Waals surface area contributed by atoms with Gasteiger partial charge in [-0.3, -0.25) is 14.4 Å². The van der Waals surface area contributed by atoms with E-state index in [1.807, 2.05) is 0 Å². The van der Waals surface area contributed by atoms with Crippen molar-refractivity contribution in [3.63, 3.8) is 0 Å².